The molecular weight excluding hydrogens is 112 g/mol. The van der Waals surface area contributed by atoms with Crippen LogP contribution in [0.25, 0.3) is 0 Å². The molecule has 48 valence electrons. The minimum Gasteiger partial charge on any atom is -0.293 e. The Balaban J connectivity index is 3.21. The van der Waals surface area contributed by atoms with Crippen molar-refractivity contribution in [3.05, 3.63) is 0 Å². The minimum atomic E-state index is 0.460. The van der Waals surface area contributed by atoms with Gasteiger partial charge in [0.25, 0.3) is 0 Å². The van der Waals surface area contributed by atoms with Crippen molar-refractivity contribution in [1.82, 2.24) is 4.90 Å². The first-order chi connectivity index (χ1) is 4.31. The summed E-state index contributed by atoms with van der Waals surface area (Å²) in [5.74, 6) is 2.51. The molecule has 0 spiro atoms. The van der Waals surface area contributed by atoms with E-state index in [-0.39, 0.29) is 0 Å². The second-order valence-corrected chi connectivity index (χ2v) is 1.85. The third kappa shape index (κ3) is 4.87. The average Bonchev–Trinajstić information content (AvgIpc) is 1.85. The number of nitrogens with zero attached hydrogens (tertiary/aromatic N) is 2. The Morgan fingerprint density at radius 1 is 1.67 bits per heavy atom. The van der Waals surface area contributed by atoms with Crippen molar-refractivity contribution < 1.29 is 0 Å². The maximum atomic E-state index is 8.19. The van der Waals surface area contributed by atoms with Crippen LogP contribution in [0.2, 0.25) is 0 Å². The quantitative estimate of drug-likeness (QED) is 0.402. The van der Waals surface area contributed by atoms with Gasteiger partial charge in [-0.25, -0.2) is 0 Å². The zero-order chi connectivity index (χ0) is 7.11. The lowest BCUT2D eigenvalue weighted by Gasteiger charge is -2.08. The van der Waals surface area contributed by atoms with Gasteiger partial charge in [-0.1, -0.05) is 0 Å². The number of hydrogen-bond donors (Lipinski definition) is 0. The predicted molar refractivity (Wildman–Crippen MR) is 36.6 cm³/mol. The normalized spacial score (nSPS) is 8.44. The Bertz CT molecular complexity index is 138. The molecule has 0 atom stereocenters. The average molecular weight is 122 g/mol. The molecule has 0 amide bonds. The molecule has 2 nitrogen and oxygen atoms in total. The Morgan fingerprint density at radius 3 is 2.78 bits per heavy atom. The van der Waals surface area contributed by atoms with Crippen molar-refractivity contribution in [2.24, 2.45) is 0 Å². The van der Waals surface area contributed by atoms with Gasteiger partial charge in [-0.05, 0) is 7.05 Å². The highest BCUT2D eigenvalue weighted by molar-refractivity contribution is 4.85. The van der Waals surface area contributed by atoms with Crippen molar-refractivity contribution in [3.63, 3.8) is 0 Å². The van der Waals surface area contributed by atoms with Gasteiger partial charge in [0.2, 0.25) is 0 Å². The highest BCUT2D eigenvalue weighted by Gasteiger charge is 1.91. The molecule has 0 aromatic rings. The highest BCUT2D eigenvalue weighted by Crippen LogP contribution is 1.82. The van der Waals surface area contributed by atoms with Gasteiger partial charge in [0.15, 0.2) is 0 Å². The van der Waals surface area contributed by atoms with Gasteiger partial charge < -0.3 is 0 Å². The van der Waals surface area contributed by atoms with Gasteiger partial charge in [0.1, 0.15) is 0 Å². The topological polar surface area (TPSA) is 27.0 Å². The molecule has 0 unspecified atom stereocenters. The number of rotatable bonds is 3. The van der Waals surface area contributed by atoms with Crippen molar-refractivity contribution in [1.29, 1.82) is 5.26 Å². The van der Waals surface area contributed by atoms with Crippen LogP contribution >= 0.6 is 0 Å². The summed E-state index contributed by atoms with van der Waals surface area (Å²) < 4.78 is 0. The predicted octanol–water partition coefficient (Wildman–Crippen LogP) is 0.465. The first-order valence-corrected chi connectivity index (χ1v) is 2.80. The number of terminal acetylenes is 1. The Morgan fingerprint density at radius 2 is 2.33 bits per heavy atom. The van der Waals surface area contributed by atoms with E-state index in [1.807, 2.05) is 18.0 Å². The van der Waals surface area contributed by atoms with E-state index in [0.717, 1.165) is 13.0 Å². The van der Waals surface area contributed by atoms with Gasteiger partial charge in [0.05, 0.1) is 12.6 Å². The minimum absolute atomic E-state index is 0.460. The van der Waals surface area contributed by atoms with Crippen molar-refractivity contribution in [2.75, 3.05) is 20.1 Å². The summed E-state index contributed by atoms with van der Waals surface area (Å²) in [6.45, 7) is 1.27. The molecule has 0 rings (SSSR count). The second kappa shape index (κ2) is 5.15. The molecule has 0 aliphatic heterocycles. The monoisotopic (exact) mass is 122 g/mol. The first-order valence-electron chi connectivity index (χ1n) is 2.80. The maximum absolute atomic E-state index is 8.19. The zero-order valence-corrected chi connectivity index (χ0v) is 5.59. The molecule has 0 aromatic carbocycles. The Labute approximate surface area is 56.1 Å². The summed E-state index contributed by atoms with van der Waals surface area (Å²) in [7, 11) is 1.88. The van der Waals surface area contributed by atoms with Crippen LogP contribution in [-0.2, 0) is 0 Å². The summed E-state index contributed by atoms with van der Waals surface area (Å²) in [6.07, 6.45) is 5.73. The fraction of sp³-hybridized carbons (Fsp3) is 0.571. The molecule has 0 bridgehead atoms. The van der Waals surface area contributed by atoms with Crippen molar-refractivity contribution in [3.8, 4) is 18.4 Å². The Kier molecular flexibility index (Phi) is 4.59. The number of hydrogen-bond acceptors (Lipinski definition) is 2. The van der Waals surface area contributed by atoms with E-state index in [9.17, 15) is 0 Å². The van der Waals surface area contributed by atoms with Gasteiger partial charge in [0, 0.05) is 13.0 Å². The van der Waals surface area contributed by atoms with E-state index in [0.29, 0.717) is 6.54 Å². The lowest BCUT2D eigenvalue weighted by Crippen LogP contribution is -2.19. The molecule has 0 fully saturated rings. The van der Waals surface area contributed by atoms with Gasteiger partial charge in [-0.3, -0.25) is 4.90 Å². The van der Waals surface area contributed by atoms with Gasteiger partial charge >= 0.3 is 0 Å². The number of nitriles is 1. The van der Waals surface area contributed by atoms with E-state index in [4.69, 9.17) is 11.7 Å². The molecular formula is C7H10N2. The SMILES string of the molecule is C#CCCN(C)CC#N. The van der Waals surface area contributed by atoms with Crippen LogP contribution < -0.4 is 0 Å². The third-order valence-corrected chi connectivity index (χ3v) is 0.978. The van der Waals surface area contributed by atoms with E-state index >= 15 is 0 Å². The molecule has 0 saturated heterocycles. The van der Waals surface area contributed by atoms with Crippen LogP contribution in [-0.4, -0.2) is 25.0 Å². The molecule has 0 N–H and O–H groups in total. The maximum Gasteiger partial charge on any atom is 0.0863 e. The van der Waals surface area contributed by atoms with Crippen LogP contribution in [0.3, 0.4) is 0 Å². The molecule has 0 aromatic heterocycles. The summed E-state index contributed by atoms with van der Waals surface area (Å²) >= 11 is 0. The van der Waals surface area contributed by atoms with E-state index in [1.165, 1.54) is 0 Å². The second-order valence-electron chi connectivity index (χ2n) is 1.85. The summed E-state index contributed by atoms with van der Waals surface area (Å²) in [5.41, 5.74) is 0. The molecule has 0 radical (unpaired) electrons. The smallest absolute Gasteiger partial charge is 0.0863 e. The molecule has 2 heteroatoms. The summed E-state index contributed by atoms with van der Waals surface area (Å²) in [5, 5.41) is 8.19. The molecule has 0 saturated carbocycles. The first kappa shape index (κ1) is 8.01. The van der Waals surface area contributed by atoms with E-state index in [1.54, 1.807) is 0 Å². The van der Waals surface area contributed by atoms with E-state index in [2.05, 4.69) is 5.92 Å². The van der Waals surface area contributed by atoms with Gasteiger partial charge in [-0.15, -0.1) is 12.3 Å². The summed E-state index contributed by atoms with van der Waals surface area (Å²) in [4.78, 5) is 1.89. The van der Waals surface area contributed by atoms with Crippen molar-refractivity contribution >= 4 is 0 Å². The summed E-state index contributed by atoms with van der Waals surface area (Å²) in [6, 6.07) is 2.03. The largest absolute Gasteiger partial charge is 0.293 e. The standard InChI is InChI=1S/C7H10N2/c1-3-4-6-9(2)7-5-8/h1H,4,6-7H2,2H3. The fourth-order valence-electron chi connectivity index (χ4n) is 0.455. The van der Waals surface area contributed by atoms with Crippen LogP contribution in [0.1, 0.15) is 6.42 Å². The molecule has 0 aliphatic rings. The van der Waals surface area contributed by atoms with E-state index < -0.39 is 0 Å². The van der Waals surface area contributed by atoms with Crippen LogP contribution in [0.4, 0.5) is 0 Å². The lowest BCUT2D eigenvalue weighted by atomic mass is 10.4. The molecule has 0 heterocycles. The molecule has 9 heavy (non-hydrogen) atoms. The lowest BCUT2D eigenvalue weighted by molar-refractivity contribution is 0.384. The van der Waals surface area contributed by atoms with Crippen molar-refractivity contribution in [2.45, 2.75) is 6.42 Å². The van der Waals surface area contributed by atoms with Crippen LogP contribution in [0.5, 0.6) is 0 Å². The highest BCUT2D eigenvalue weighted by atomic mass is 15.1. The molecule has 0 aliphatic carbocycles. The fourth-order valence-corrected chi connectivity index (χ4v) is 0.455. The Hall–Kier alpha value is -0.990. The third-order valence-electron chi connectivity index (χ3n) is 0.978. The zero-order valence-electron chi connectivity index (χ0n) is 5.59. The van der Waals surface area contributed by atoms with Crippen LogP contribution in [0.15, 0.2) is 0 Å². The van der Waals surface area contributed by atoms with Crippen LogP contribution in [0, 0.1) is 23.7 Å². The van der Waals surface area contributed by atoms with Gasteiger partial charge in [-0.2, -0.15) is 5.26 Å².